The summed E-state index contributed by atoms with van der Waals surface area (Å²) in [5, 5.41) is 4.19. The van der Waals surface area contributed by atoms with Crippen LogP contribution in [0.1, 0.15) is 19.8 Å². The average Bonchev–Trinajstić information content (AvgIpc) is 2.76. The summed E-state index contributed by atoms with van der Waals surface area (Å²) in [4.78, 5) is 14.0. The molecule has 1 fully saturated rings. The second-order valence-electron chi connectivity index (χ2n) is 5.37. The topological polar surface area (TPSA) is 84.3 Å². The number of anilines is 1. The molecule has 1 amide bonds. The lowest BCUT2D eigenvalue weighted by atomic mass is 10.1. The van der Waals surface area contributed by atoms with Gasteiger partial charge in [-0.2, -0.15) is 5.10 Å². The molecule has 1 N–H and O–H groups in total. The standard InChI is InChI=1S/C13H20N4O3S/c1-10(2)9-21(19,20)15-11-5-4-7-17(13(11)18)12-6-8-16(3)14-12/h6,8,11,15H,1,4-5,7,9H2,2-3H3/t11-/m0/s1. The molecule has 1 aliphatic heterocycles. The van der Waals surface area contributed by atoms with Gasteiger partial charge in [0.25, 0.3) is 0 Å². The number of nitrogens with zero attached hydrogens (tertiary/aromatic N) is 3. The minimum Gasteiger partial charge on any atom is -0.294 e. The minimum atomic E-state index is -3.54. The molecule has 2 heterocycles. The lowest BCUT2D eigenvalue weighted by molar-refractivity contribution is -0.121. The summed E-state index contributed by atoms with van der Waals surface area (Å²) in [6.45, 7) is 5.78. The molecule has 0 radical (unpaired) electrons. The van der Waals surface area contributed by atoms with Crippen molar-refractivity contribution < 1.29 is 13.2 Å². The fourth-order valence-electron chi connectivity index (χ4n) is 2.34. The molecule has 21 heavy (non-hydrogen) atoms. The first-order valence-corrected chi connectivity index (χ1v) is 8.39. The highest BCUT2D eigenvalue weighted by molar-refractivity contribution is 7.89. The Kier molecular flexibility index (Phi) is 4.48. The van der Waals surface area contributed by atoms with Crippen LogP contribution in [0.2, 0.25) is 0 Å². The number of rotatable bonds is 5. The molecule has 2 rings (SSSR count). The molecule has 1 saturated heterocycles. The van der Waals surface area contributed by atoms with Crippen LogP contribution in [0.25, 0.3) is 0 Å². The van der Waals surface area contributed by atoms with E-state index < -0.39 is 16.1 Å². The third-order valence-electron chi connectivity index (χ3n) is 3.17. The summed E-state index contributed by atoms with van der Waals surface area (Å²) in [7, 11) is -1.77. The van der Waals surface area contributed by atoms with Crippen molar-refractivity contribution in [3.8, 4) is 0 Å². The van der Waals surface area contributed by atoms with Crippen LogP contribution >= 0.6 is 0 Å². The molecule has 1 aromatic heterocycles. The summed E-state index contributed by atoms with van der Waals surface area (Å²) >= 11 is 0. The van der Waals surface area contributed by atoms with Crippen molar-refractivity contribution in [2.24, 2.45) is 7.05 Å². The van der Waals surface area contributed by atoms with Crippen molar-refractivity contribution in [2.45, 2.75) is 25.8 Å². The van der Waals surface area contributed by atoms with Gasteiger partial charge in [0.1, 0.15) is 6.04 Å². The second-order valence-corrected chi connectivity index (χ2v) is 7.12. The van der Waals surface area contributed by atoms with Crippen molar-refractivity contribution in [1.82, 2.24) is 14.5 Å². The van der Waals surface area contributed by atoms with Crippen LogP contribution in [-0.2, 0) is 21.9 Å². The number of hydrogen-bond acceptors (Lipinski definition) is 4. The molecule has 0 aromatic carbocycles. The molecule has 0 aliphatic carbocycles. The highest BCUT2D eigenvalue weighted by Crippen LogP contribution is 2.19. The average molecular weight is 312 g/mol. The summed E-state index contributed by atoms with van der Waals surface area (Å²) in [5.41, 5.74) is 0.535. The van der Waals surface area contributed by atoms with Gasteiger partial charge < -0.3 is 0 Å². The molecule has 0 bridgehead atoms. The van der Waals surface area contributed by atoms with Gasteiger partial charge in [-0.15, -0.1) is 0 Å². The van der Waals surface area contributed by atoms with E-state index in [4.69, 9.17) is 0 Å². The van der Waals surface area contributed by atoms with E-state index in [1.165, 1.54) is 4.90 Å². The summed E-state index contributed by atoms with van der Waals surface area (Å²) < 4.78 is 28.0. The number of aromatic nitrogens is 2. The van der Waals surface area contributed by atoms with E-state index in [1.807, 2.05) is 0 Å². The largest absolute Gasteiger partial charge is 0.294 e. The number of sulfonamides is 1. The zero-order valence-corrected chi connectivity index (χ0v) is 13.1. The van der Waals surface area contributed by atoms with Gasteiger partial charge in [0, 0.05) is 25.9 Å². The predicted molar refractivity (Wildman–Crippen MR) is 80.3 cm³/mol. The number of carbonyl (C=O) groups excluding carboxylic acids is 1. The Bertz CT molecular complexity index is 650. The first kappa shape index (κ1) is 15.7. The van der Waals surface area contributed by atoms with Gasteiger partial charge in [0.15, 0.2) is 5.82 Å². The first-order valence-electron chi connectivity index (χ1n) is 6.74. The Hall–Kier alpha value is -1.67. The Morgan fingerprint density at radius 3 is 2.86 bits per heavy atom. The van der Waals surface area contributed by atoms with Crippen molar-refractivity contribution in [1.29, 1.82) is 0 Å². The smallest absolute Gasteiger partial charge is 0.246 e. The number of aryl methyl sites for hydroxylation is 1. The van der Waals surface area contributed by atoms with E-state index in [0.29, 0.717) is 24.4 Å². The summed E-state index contributed by atoms with van der Waals surface area (Å²) in [5.74, 6) is 0.122. The van der Waals surface area contributed by atoms with Crippen LogP contribution in [0.15, 0.2) is 24.4 Å². The van der Waals surface area contributed by atoms with Gasteiger partial charge >= 0.3 is 0 Å². The van der Waals surface area contributed by atoms with Crippen molar-refractivity contribution in [2.75, 3.05) is 17.2 Å². The lowest BCUT2D eigenvalue weighted by Gasteiger charge is -2.31. The van der Waals surface area contributed by atoms with Gasteiger partial charge in [0.05, 0.1) is 5.75 Å². The normalized spacial score (nSPS) is 19.8. The van der Waals surface area contributed by atoms with Crippen LogP contribution in [-0.4, -0.2) is 42.4 Å². The number of nitrogens with one attached hydrogen (secondary N) is 1. The van der Waals surface area contributed by atoms with Crippen LogP contribution in [0, 0.1) is 0 Å². The Balaban J connectivity index is 2.11. The molecule has 8 heteroatoms. The van der Waals surface area contributed by atoms with E-state index in [-0.39, 0.29) is 11.7 Å². The molecule has 7 nitrogen and oxygen atoms in total. The maximum absolute atomic E-state index is 12.4. The van der Waals surface area contributed by atoms with Gasteiger partial charge in [-0.1, -0.05) is 12.2 Å². The third-order valence-corrected chi connectivity index (χ3v) is 4.69. The molecular weight excluding hydrogens is 292 g/mol. The van der Waals surface area contributed by atoms with Crippen LogP contribution in [0.3, 0.4) is 0 Å². The molecule has 0 spiro atoms. The molecule has 0 unspecified atom stereocenters. The van der Waals surface area contributed by atoms with E-state index >= 15 is 0 Å². The number of carbonyl (C=O) groups is 1. The second kappa shape index (κ2) is 5.98. The van der Waals surface area contributed by atoms with E-state index in [1.54, 1.807) is 30.9 Å². The van der Waals surface area contributed by atoms with Crippen LogP contribution in [0.5, 0.6) is 0 Å². The molecule has 1 aromatic rings. The lowest BCUT2D eigenvalue weighted by Crippen LogP contribution is -2.53. The summed E-state index contributed by atoms with van der Waals surface area (Å²) in [6.07, 6.45) is 2.97. The van der Waals surface area contributed by atoms with Crippen LogP contribution < -0.4 is 9.62 Å². The van der Waals surface area contributed by atoms with Crippen molar-refractivity contribution >= 4 is 21.7 Å². The van der Waals surface area contributed by atoms with Gasteiger partial charge in [-0.25, -0.2) is 13.1 Å². The quantitative estimate of drug-likeness (QED) is 0.798. The Labute approximate surface area is 124 Å². The van der Waals surface area contributed by atoms with Crippen molar-refractivity contribution in [3.63, 3.8) is 0 Å². The summed E-state index contributed by atoms with van der Waals surface area (Å²) in [6, 6.07) is 1.01. The molecule has 1 atom stereocenters. The maximum Gasteiger partial charge on any atom is 0.246 e. The third kappa shape index (κ3) is 3.92. The zero-order valence-electron chi connectivity index (χ0n) is 12.2. The molecule has 0 saturated carbocycles. The monoisotopic (exact) mass is 312 g/mol. The SMILES string of the molecule is C=C(C)CS(=O)(=O)N[C@H]1CCCN(c2ccn(C)n2)C1=O. The number of piperidine rings is 1. The van der Waals surface area contributed by atoms with E-state index in [9.17, 15) is 13.2 Å². The number of amides is 1. The van der Waals surface area contributed by atoms with Gasteiger partial charge in [-0.3, -0.25) is 14.4 Å². The van der Waals surface area contributed by atoms with Gasteiger partial charge in [0.2, 0.25) is 15.9 Å². The predicted octanol–water partition coefficient (Wildman–Crippen LogP) is 0.411. The Morgan fingerprint density at radius 2 is 2.29 bits per heavy atom. The van der Waals surface area contributed by atoms with Crippen LogP contribution in [0.4, 0.5) is 5.82 Å². The maximum atomic E-state index is 12.4. The fourth-order valence-corrected chi connectivity index (χ4v) is 3.73. The van der Waals surface area contributed by atoms with Gasteiger partial charge in [-0.05, 0) is 19.8 Å². The molecule has 1 aliphatic rings. The van der Waals surface area contributed by atoms with Crippen molar-refractivity contribution in [3.05, 3.63) is 24.4 Å². The number of hydrogen-bond donors (Lipinski definition) is 1. The van der Waals surface area contributed by atoms with E-state index in [0.717, 1.165) is 6.42 Å². The highest BCUT2D eigenvalue weighted by Gasteiger charge is 2.33. The molecule has 116 valence electrons. The highest BCUT2D eigenvalue weighted by atomic mass is 32.2. The Morgan fingerprint density at radius 1 is 1.57 bits per heavy atom. The minimum absolute atomic E-state index is 0.166. The fraction of sp³-hybridized carbons (Fsp3) is 0.538. The van der Waals surface area contributed by atoms with E-state index in [2.05, 4.69) is 16.4 Å². The molecular formula is C13H20N4O3S. The zero-order chi connectivity index (χ0) is 15.6. The first-order chi connectivity index (χ1) is 9.78.